The summed E-state index contributed by atoms with van der Waals surface area (Å²) in [6.07, 6.45) is 1.15. The zero-order chi connectivity index (χ0) is 11.7. The minimum absolute atomic E-state index is 0.0749. The number of rotatable bonds is 9. The second-order valence-electron chi connectivity index (χ2n) is 4.07. The highest BCUT2D eigenvalue weighted by Crippen LogP contribution is 2.05. The van der Waals surface area contributed by atoms with Crippen LogP contribution >= 0.6 is 0 Å². The normalized spacial score (nSPS) is 13.8. The van der Waals surface area contributed by atoms with Crippen molar-refractivity contribution in [1.82, 2.24) is 4.90 Å². The molecular formula is C12H27NO2. The molecule has 0 aliphatic carbocycles. The summed E-state index contributed by atoms with van der Waals surface area (Å²) in [6, 6.07) is 0. The van der Waals surface area contributed by atoms with Gasteiger partial charge < -0.3 is 14.4 Å². The number of hydrogen-bond donors (Lipinski definition) is 0. The molecular weight excluding hydrogens is 190 g/mol. The highest BCUT2D eigenvalue weighted by atomic mass is 16.7. The van der Waals surface area contributed by atoms with Crippen LogP contribution in [0.25, 0.3) is 0 Å². The Hall–Kier alpha value is -0.120. The van der Waals surface area contributed by atoms with E-state index in [1.807, 2.05) is 13.8 Å². The van der Waals surface area contributed by atoms with E-state index >= 15 is 0 Å². The molecule has 0 aliphatic rings. The summed E-state index contributed by atoms with van der Waals surface area (Å²) in [5.41, 5.74) is 0. The lowest BCUT2D eigenvalue weighted by molar-refractivity contribution is -0.145. The molecule has 1 unspecified atom stereocenters. The number of hydrogen-bond acceptors (Lipinski definition) is 3. The molecule has 0 heterocycles. The summed E-state index contributed by atoms with van der Waals surface area (Å²) in [5.74, 6) is 0.735. The maximum atomic E-state index is 5.50. The van der Waals surface area contributed by atoms with Gasteiger partial charge in [0.15, 0.2) is 6.29 Å². The molecule has 0 amide bonds. The lowest BCUT2D eigenvalue weighted by Gasteiger charge is -2.25. The Morgan fingerprint density at radius 3 is 1.93 bits per heavy atom. The van der Waals surface area contributed by atoms with E-state index < -0.39 is 0 Å². The molecule has 3 nitrogen and oxygen atoms in total. The van der Waals surface area contributed by atoms with Gasteiger partial charge in [0.05, 0.1) is 0 Å². The average molecular weight is 217 g/mol. The Kier molecular flexibility index (Phi) is 9.06. The smallest absolute Gasteiger partial charge is 0.170 e. The van der Waals surface area contributed by atoms with Gasteiger partial charge in [-0.3, -0.25) is 0 Å². The third-order valence-corrected chi connectivity index (χ3v) is 2.49. The first-order valence-electron chi connectivity index (χ1n) is 6.05. The van der Waals surface area contributed by atoms with E-state index in [-0.39, 0.29) is 6.29 Å². The van der Waals surface area contributed by atoms with Crippen LogP contribution in [-0.4, -0.2) is 44.5 Å². The van der Waals surface area contributed by atoms with Crippen molar-refractivity contribution in [2.45, 2.75) is 40.4 Å². The third-order valence-electron chi connectivity index (χ3n) is 2.49. The predicted octanol–water partition coefficient (Wildman–Crippen LogP) is 2.36. The maximum Gasteiger partial charge on any atom is 0.170 e. The molecule has 0 aliphatic heterocycles. The first-order valence-corrected chi connectivity index (χ1v) is 6.05. The predicted molar refractivity (Wildman–Crippen MR) is 64.0 cm³/mol. The second kappa shape index (κ2) is 9.13. The van der Waals surface area contributed by atoms with Gasteiger partial charge in [0.2, 0.25) is 0 Å². The second-order valence-corrected chi connectivity index (χ2v) is 4.07. The largest absolute Gasteiger partial charge is 0.352 e. The lowest BCUT2D eigenvalue weighted by atomic mass is 10.1. The van der Waals surface area contributed by atoms with Crippen LogP contribution in [-0.2, 0) is 9.47 Å². The number of likely N-dealkylation sites (N-methyl/N-ethyl adjacent to an activating group) is 1. The molecule has 0 spiro atoms. The van der Waals surface area contributed by atoms with E-state index in [1.54, 1.807) is 0 Å². The summed E-state index contributed by atoms with van der Waals surface area (Å²) in [6.45, 7) is 11.9. The van der Waals surface area contributed by atoms with Crippen LogP contribution in [0.15, 0.2) is 0 Å². The van der Waals surface area contributed by atoms with Crippen molar-refractivity contribution in [3.63, 3.8) is 0 Å². The van der Waals surface area contributed by atoms with Crippen molar-refractivity contribution in [1.29, 1.82) is 0 Å². The van der Waals surface area contributed by atoms with Crippen molar-refractivity contribution in [2.75, 3.05) is 33.4 Å². The first-order chi connectivity index (χ1) is 7.13. The van der Waals surface area contributed by atoms with E-state index in [9.17, 15) is 0 Å². The van der Waals surface area contributed by atoms with Gasteiger partial charge in [-0.15, -0.1) is 0 Å². The van der Waals surface area contributed by atoms with Crippen molar-refractivity contribution < 1.29 is 9.47 Å². The maximum absolute atomic E-state index is 5.50. The van der Waals surface area contributed by atoms with Crippen LogP contribution in [0, 0.1) is 5.92 Å². The molecule has 0 saturated heterocycles. The van der Waals surface area contributed by atoms with Gasteiger partial charge in [-0.2, -0.15) is 0 Å². The molecule has 0 radical (unpaired) electrons. The summed E-state index contributed by atoms with van der Waals surface area (Å²) in [5, 5.41) is 0. The molecule has 0 aromatic heterocycles. The van der Waals surface area contributed by atoms with Crippen LogP contribution in [0.1, 0.15) is 34.1 Å². The topological polar surface area (TPSA) is 21.7 Å². The van der Waals surface area contributed by atoms with E-state index in [4.69, 9.17) is 9.47 Å². The van der Waals surface area contributed by atoms with Crippen molar-refractivity contribution in [2.24, 2.45) is 5.92 Å². The van der Waals surface area contributed by atoms with Crippen molar-refractivity contribution >= 4 is 0 Å². The van der Waals surface area contributed by atoms with Gasteiger partial charge in [0, 0.05) is 26.3 Å². The minimum Gasteiger partial charge on any atom is -0.352 e. The Morgan fingerprint density at radius 2 is 1.53 bits per heavy atom. The molecule has 15 heavy (non-hydrogen) atoms. The Balaban J connectivity index is 3.81. The fourth-order valence-electron chi connectivity index (χ4n) is 1.52. The van der Waals surface area contributed by atoms with Gasteiger partial charge in [-0.1, -0.05) is 20.3 Å². The standard InChI is InChI=1S/C12H27NO2/c1-6-11(4)9-13(5)10-12(14-7-2)15-8-3/h11-12H,6-10H2,1-5H3. The van der Waals surface area contributed by atoms with E-state index in [0.29, 0.717) is 13.2 Å². The Bertz CT molecular complexity index is 136. The average Bonchev–Trinajstić information content (AvgIpc) is 2.18. The van der Waals surface area contributed by atoms with Gasteiger partial charge in [0.1, 0.15) is 0 Å². The fourth-order valence-corrected chi connectivity index (χ4v) is 1.52. The molecule has 3 heteroatoms. The Labute approximate surface area is 94.7 Å². The SMILES string of the molecule is CCOC(CN(C)CC(C)CC)OCC. The molecule has 0 aromatic carbocycles. The summed E-state index contributed by atoms with van der Waals surface area (Å²) < 4.78 is 11.0. The van der Waals surface area contributed by atoms with Gasteiger partial charge in [0.25, 0.3) is 0 Å². The highest BCUT2D eigenvalue weighted by molar-refractivity contribution is 4.59. The van der Waals surface area contributed by atoms with Crippen LogP contribution < -0.4 is 0 Å². The van der Waals surface area contributed by atoms with Gasteiger partial charge in [-0.05, 0) is 26.8 Å². The zero-order valence-corrected chi connectivity index (χ0v) is 11.0. The highest BCUT2D eigenvalue weighted by Gasteiger charge is 2.12. The van der Waals surface area contributed by atoms with Crippen LogP contribution in [0.5, 0.6) is 0 Å². The molecule has 0 N–H and O–H groups in total. The van der Waals surface area contributed by atoms with Crippen LogP contribution in [0.2, 0.25) is 0 Å². The van der Waals surface area contributed by atoms with Crippen molar-refractivity contribution in [3.05, 3.63) is 0 Å². The molecule has 0 rings (SSSR count). The molecule has 1 atom stereocenters. The molecule has 0 aromatic rings. The minimum atomic E-state index is -0.0749. The summed E-state index contributed by atoms with van der Waals surface area (Å²) >= 11 is 0. The molecule has 92 valence electrons. The lowest BCUT2D eigenvalue weighted by Crippen LogP contribution is -2.35. The zero-order valence-electron chi connectivity index (χ0n) is 11.0. The molecule has 0 bridgehead atoms. The van der Waals surface area contributed by atoms with Crippen LogP contribution in [0.3, 0.4) is 0 Å². The monoisotopic (exact) mass is 217 g/mol. The van der Waals surface area contributed by atoms with Crippen molar-refractivity contribution in [3.8, 4) is 0 Å². The van der Waals surface area contributed by atoms with Crippen LogP contribution in [0.4, 0.5) is 0 Å². The Morgan fingerprint density at radius 1 is 1.00 bits per heavy atom. The van der Waals surface area contributed by atoms with Gasteiger partial charge >= 0.3 is 0 Å². The number of ether oxygens (including phenoxy) is 2. The number of nitrogens with zero attached hydrogens (tertiary/aromatic N) is 1. The summed E-state index contributed by atoms with van der Waals surface area (Å²) in [7, 11) is 2.12. The van der Waals surface area contributed by atoms with Gasteiger partial charge in [-0.25, -0.2) is 0 Å². The first kappa shape index (κ1) is 14.9. The molecule has 0 saturated carbocycles. The fraction of sp³-hybridized carbons (Fsp3) is 1.00. The van der Waals surface area contributed by atoms with E-state index in [1.165, 1.54) is 6.42 Å². The van der Waals surface area contributed by atoms with E-state index in [0.717, 1.165) is 19.0 Å². The summed E-state index contributed by atoms with van der Waals surface area (Å²) in [4.78, 5) is 2.28. The quantitative estimate of drug-likeness (QED) is 0.553. The van der Waals surface area contributed by atoms with E-state index in [2.05, 4.69) is 25.8 Å². The molecule has 0 fully saturated rings. The third kappa shape index (κ3) is 7.77.